The third-order valence-electron chi connectivity index (χ3n) is 6.15. The summed E-state index contributed by atoms with van der Waals surface area (Å²) in [6.45, 7) is 4.05. The Morgan fingerprint density at radius 3 is 2.43 bits per heavy atom. The molecule has 4 aromatic rings. The number of ether oxygens (including phenoxy) is 1. The SMILES string of the molecule is NC(=O)c1nc(Nc2ccc3cc(CO)ccc3c2)sc1NC(=O)c1ccc(CN2CCOCC2)cc1. The number of carbonyl (C=O) groups is 2. The van der Waals surface area contributed by atoms with Gasteiger partial charge < -0.3 is 26.2 Å². The number of benzene rings is 3. The summed E-state index contributed by atoms with van der Waals surface area (Å²) in [5.74, 6) is -1.07. The molecule has 2 amide bonds. The van der Waals surface area contributed by atoms with Gasteiger partial charge in [0.1, 0.15) is 5.00 Å². The lowest BCUT2D eigenvalue weighted by atomic mass is 10.1. The van der Waals surface area contributed by atoms with E-state index in [-0.39, 0.29) is 23.2 Å². The van der Waals surface area contributed by atoms with Crippen LogP contribution >= 0.6 is 11.3 Å². The Balaban J connectivity index is 1.28. The first-order chi connectivity index (χ1) is 18.0. The molecule has 0 aliphatic carbocycles. The third kappa shape index (κ3) is 5.95. The number of amides is 2. The first-order valence-electron chi connectivity index (χ1n) is 11.9. The molecule has 0 spiro atoms. The van der Waals surface area contributed by atoms with E-state index in [2.05, 4.69) is 20.5 Å². The smallest absolute Gasteiger partial charge is 0.270 e. The van der Waals surface area contributed by atoms with E-state index in [4.69, 9.17) is 10.5 Å². The van der Waals surface area contributed by atoms with Crippen molar-refractivity contribution in [2.24, 2.45) is 5.73 Å². The predicted molar refractivity (Wildman–Crippen MR) is 144 cm³/mol. The minimum atomic E-state index is -0.726. The van der Waals surface area contributed by atoms with Crippen LogP contribution in [0.5, 0.6) is 0 Å². The summed E-state index contributed by atoms with van der Waals surface area (Å²) in [5, 5.41) is 18.0. The molecule has 0 unspecified atom stereocenters. The van der Waals surface area contributed by atoms with E-state index in [9.17, 15) is 14.7 Å². The van der Waals surface area contributed by atoms with Gasteiger partial charge in [-0.05, 0) is 52.2 Å². The average Bonchev–Trinajstić information content (AvgIpc) is 3.31. The van der Waals surface area contributed by atoms with Crippen LogP contribution in [0.3, 0.4) is 0 Å². The lowest BCUT2D eigenvalue weighted by Crippen LogP contribution is -2.35. The number of hydrogen-bond donors (Lipinski definition) is 4. The van der Waals surface area contributed by atoms with Crippen LogP contribution in [0.25, 0.3) is 10.8 Å². The molecule has 0 atom stereocenters. The van der Waals surface area contributed by atoms with E-state index in [1.165, 1.54) is 0 Å². The Labute approximate surface area is 217 Å². The van der Waals surface area contributed by atoms with Gasteiger partial charge in [-0.15, -0.1) is 0 Å². The number of aromatic nitrogens is 1. The summed E-state index contributed by atoms with van der Waals surface area (Å²) in [5.41, 5.74) is 8.73. The van der Waals surface area contributed by atoms with Gasteiger partial charge in [-0.3, -0.25) is 14.5 Å². The van der Waals surface area contributed by atoms with Gasteiger partial charge >= 0.3 is 0 Å². The number of aliphatic hydroxyl groups excluding tert-OH is 1. The normalized spacial score (nSPS) is 14.0. The zero-order chi connectivity index (χ0) is 25.8. The highest BCUT2D eigenvalue weighted by Crippen LogP contribution is 2.32. The Kier molecular flexibility index (Phi) is 7.42. The van der Waals surface area contributed by atoms with Crippen molar-refractivity contribution in [1.82, 2.24) is 9.88 Å². The molecule has 10 heteroatoms. The van der Waals surface area contributed by atoms with Crippen LogP contribution in [0.15, 0.2) is 60.7 Å². The number of anilines is 3. The molecule has 1 aliphatic rings. The van der Waals surface area contributed by atoms with Crippen molar-refractivity contribution in [3.05, 3.63) is 83.0 Å². The van der Waals surface area contributed by atoms with Crippen molar-refractivity contribution in [3.63, 3.8) is 0 Å². The second-order valence-corrected chi connectivity index (χ2v) is 9.78. The van der Waals surface area contributed by atoms with E-state index < -0.39 is 5.91 Å². The van der Waals surface area contributed by atoms with E-state index >= 15 is 0 Å². The topological polar surface area (TPSA) is 130 Å². The predicted octanol–water partition coefficient (Wildman–Crippen LogP) is 3.72. The molecule has 37 heavy (non-hydrogen) atoms. The van der Waals surface area contributed by atoms with Gasteiger partial charge in [0, 0.05) is 30.9 Å². The zero-order valence-electron chi connectivity index (χ0n) is 20.1. The van der Waals surface area contributed by atoms with E-state index in [1.807, 2.05) is 48.5 Å². The van der Waals surface area contributed by atoms with Crippen molar-refractivity contribution in [1.29, 1.82) is 0 Å². The van der Waals surface area contributed by atoms with Gasteiger partial charge in [-0.2, -0.15) is 0 Å². The number of morpholine rings is 1. The minimum Gasteiger partial charge on any atom is -0.392 e. The van der Waals surface area contributed by atoms with Gasteiger partial charge in [-0.1, -0.05) is 41.7 Å². The Morgan fingerprint density at radius 1 is 1.00 bits per heavy atom. The van der Waals surface area contributed by atoms with Crippen LogP contribution in [0, 0.1) is 0 Å². The number of hydrogen-bond acceptors (Lipinski definition) is 8. The molecule has 190 valence electrons. The van der Waals surface area contributed by atoms with Crippen LogP contribution in [-0.2, 0) is 17.9 Å². The van der Waals surface area contributed by atoms with Crippen molar-refractivity contribution >= 4 is 49.7 Å². The Morgan fingerprint density at radius 2 is 1.70 bits per heavy atom. The van der Waals surface area contributed by atoms with Gasteiger partial charge in [0.2, 0.25) is 0 Å². The fourth-order valence-electron chi connectivity index (χ4n) is 4.17. The molecule has 5 rings (SSSR count). The second kappa shape index (κ2) is 11.1. The zero-order valence-corrected chi connectivity index (χ0v) is 20.9. The highest BCUT2D eigenvalue weighted by molar-refractivity contribution is 7.20. The average molecular weight is 518 g/mol. The molecule has 0 bridgehead atoms. The summed E-state index contributed by atoms with van der Waals surface area (Å²) in [6.07, 6.45) is 0. The molecule has 1 aromatic heterocycles. The fourth-order valence-corrected chi connectivity index (χ4v) is 5.06. The van der Waals surface area contributed by atoms with Crippen molar-refractivity contribution in [2.45, 2.75) is 13.2 Å². The van der Waals surface area contributed by atoms with Crippen LogP contribution in [0.1, 0.15) is 32.0 Å². The standard InChI is InChI=1S/C27H27N5O4S/c28-24(34)23-26(31-25(35)19-4-1-17(2-5-19)15-32-9-11-36-12-10-32)37-27(30-23)29-22-8-7-20-13-18(16-33)3-6-21(20)14-22/h1-8,13-14,33H,9-12,15-16H2,(H2,28,34)(H,29,30)(H,31,35). The largest absolute Gasteiger partial charge is 0.392 e. The molecule has 1 saturated heterocycles. The molecule has 9 nitrogen and oxygen atoms in total. The fraction of sp³-hybridized carbons (Fsp3) is 0.222. The molecule has 0 saturated carbocycles. The third-order valence-corrected chi connectivity index (χ3v) is 7.04. The summed E-state index contributed by atoms with van der Waals surface area (Å²) in [4.78, 5) is 31.6. The summed E-state index contributed by atoms with van der Waals surface area (Å²) in [7, 11) is 0. The molecule has 3 aromatic carbocycles. The molecule has 2 heterocycles. The molecule has 1 fully saturated rings. The lowest BCUT2D eigenvalue weighted by molar-refractivity contribution is 0.0342. The van der Waals surface area contributed by atoms with Gasteiger partial charge in [0.25, 0.3) is 11.8 Å². The highest BCUT2D eigenvalue weighted by atomic mass is 32.1. The maximum atomic E-state index is 12.9. The first-order valence-corrected chi connectivity index (χ1v) is 12.7. The number of nitrogens with one attached hydrogen (secondary N) is 2. The number of rotatable bonds is 8. The van der Waals surface area contributed by atoms with Crippen LogP contribution in [0.2, 0.25) is 0 Å². The van der Waals surface area contributed by atoms with Crippen LogP contribution < -0.4 is 16.4 Å². The van der Waals surface area contributed by atoms with Crippen LogP contribution in [-0.4, -0.2) is 53.1 Å². The van der Waals surface area contributed by atoms with Crippen LogP contribution in [0.4, 0.5) is 15.8 Å². The molecular formula is C27H27N5O4S. The number of primary amides is 1. The minimum absolute atomic E-state index is 0.00170. The summed E-state index contributed by atoms with van der Waals surface area (Å²) >= 11 is 1.14. The first kappa shape index (κ1) is 24.8. The van der Waals surface area contributed by atoms with Crippen molar-refractivity contribution in [3.8, 4) is 0 Å². The second-order valence-electron chi connectivity index (χ2n) is 8.78. The summed E-state index contributed by atoms with van der Waals surface area (Å²) < 4.78 is 5.39. The van der Waals surface area contributed by atoms with E-state index in [0.29, 0.717) is 10.7 Å². The van der Waals surface area contributed by atoms with Gasteiger partial charge in [0.05, 0.1) is 19.8 Å². The number of nitrogens with zero attached hydrogens (tertiary/aromatic N) is 2. The van der Waals surface area contributed by atoms with E-state index in [0.717, 1.165) is 71.8 Å². The highest BCUT2D eigenvalue weighted by Gasteiger charge is 2.19. The number of carbonyl (C=O) groups excluding carboxylic acids is 2. The van der Waals surface area contributed by atoms with E-state index in [1.54, 1.807) is 12.1 Å². The molecule has 1 aliphatic heterocycles. The number of aliphatic hydroxyl groups is 1. The Bertz CT molecular complexity index is 1430. The maximum absolute atomic E-state index is 12.9. The van der Waals surface area contributed by atoms with Gasteiger partial charge in [0.15, 0.2) is 10.8 Å². The van der Waals surface area contributed by atoms with Crippen molar-refractivity contribution in [2.75, 3.05) is 36.9 Å². The number of nitrogens with two attached hydrogens (primary N) is 1. The molecular weight excluding hydrogens is 490 g/mol. The maximum Gasteiger partial charge on any atom is 0.270 e. The monoisotopic (exact) mass is 517 g/mol. The Hall–Kier alpha value is -3.83. The molecule has 5 N–H and O–H groups in total. The quantitative estimate of drug-likeness (QED) is 0.280. The number of fused-ring (bicyclic) bond motifs is 1. The summed E-state index contributed by atoms with van der Waals surface area (Å²) in [6, 6.07) is 18.9. The van der Waals surface area contributed by atoms with Crippen molar-refractivity contribution < 1.29 is 19.4 Å². The van der Waals surface area contributed by atoms with Gasteiger partial charge in [-0.25, -0.2) is 4.98 Å². The molecule has 0 radical (unpaired) electrons. The lowest BCUT2D eigenvalue weighted by Gasteiger charge is -2.26. The number of thiazole rings is 1.